The summed E-state index contributed by atoms with van der Waals surface area (Å²) in [5.74, 6) is -0.212. The molecule has 1 aliphatic heterocycles. The standard InChI is InChI=1S/C20H24N4O2/c1-23(2)20(26)14-6-3-7-15(12-14)22-19(25)13-24-11-5-8-16-17(21)9-4-10-18(16)24/h3-4,6-7,9-10,12H,5,8,11,13,21H2,1-2H3,(H,22,25). The molecule has 2 aromatic rings. The average molecular weight is 352 g/mol. The van der Waals surface area contributed by atoms with Gasteiger partial charge in [-0.3, -0.25) is 9.59 Å². The first-order valence-corrected chi connectivity index (χ1v) is 8.69. The highest BCUT2D eigenvalue weighted by atomic mass is 16.2. The summed E-state index contributed by atoms with van der Waals surface area (Å²) in [6, 6.07) is 12.8. The summed E-state index contributed by atoms with van der Waals surface area (Å²) in [5.41, 5.74) is 10.2. The summed E-state index contributed by atoms with van der Waals surface area (Å²) >= 11 is 0. The van der Waals surface area contributed by atoms with E-state index in [1.165, 1.54) is 4.90 Å². The number of carbonyl (C=O) groups excluding carboxylic acids is 2. The molecule has 26 heavy (non-hydrogen) atoms. The fourth-order valence-corrected chi connectivity index (χ4v) is 3.25. The zero-order chi connectivity index (χ0) is 18.7. The van der Waals surface area contributed by atoms with Crippen molar-refractivity contribution in [2.75, 3.05) is 43.1 Å². The van der Waals surface area contributed by atoms with Crippen LogP contribution in [0.4, 0.5) is 17.1 Å². The first kappa shape index (κ1) is 17.8. The number of nitrogens with two attached hydrogens (primary N) is 1. The molecule has 0 aliphatic carbocycles. The summed E-state index contributed by atoms with van der Waals surface area (Å²) in [6.45, 7) is 1.07. The number of nitrogen functional groups attached to an aromatic ring is 1. The van der Waals surface area contributed by atoms with E-state index in [0.717, 1.165) is 36.3 Å². The summed E-state index contributed by atoms with van der Waals surface area (Å²) in [4.78, 5) is 28.1. The molecule has 3 rings (SSSR count). The third kappa shape index (κ3) is 3.79. The van der Waals surface area contributed by atoms with Gasteiger partial charge in [-0.2, -0.15) is 0 Å². The number of anilines is 3. The maximum Gasteiger partial charge on any atom is 0.253 e. The molecular formula is C20H24N4O2. The van der Waals surface area contributed by atoms with E-state index in [0.29, 0.717) is 11.3 Å². The molecule has 136 valence electrons. The highest BCUT2D eigenvalue weighted by Gasteiger charge is 2.20. The van der Waals surface area contributed by atoms with Gasteiger partial charge < -0.3 is 20.9 Å². The van der Waals surface area contributed by atoms with Crippen molar-refractivity contribution in [3.05, 3.63) is 53.6 Å². The molecule has 0 fully saturated rings. The van der Waals surface area contributed by atoms with Gasteiger partial charge in [0.15, 0.2) is 0 Å². The lowest BCUT2D eigenvalue weighted by Crippen LogP contribution is -2.37. The highest BCUT2D eigenvalue weighted by molar-refractivity contribution is 5.98. The van der Waals surface area contributed by atoms with Crippen molar-refractivity contribution in [1.29, 1.82) is 0 Å². The number of hydrogen-bond donors (Lipinski definition) is 2. The van der Waals surface area contributed by atoms with Crippen molar-refractivity contribution in [1.82, 2.24) is 4.90 Å². The molecule has 1 aliphatic rings. The summed E-state index contributed by atoms with van der Waals surface area (Å²) in [5, 5.41) is 2.89. The Balaban J connectivity index is 1.70. The topological polar surface area (TPSA) is 78.7 Å². The molecule has 0 bridgehead atoms. The molecule has 0 aromatic heterocycles. The Hall–Kier alpha value is -3.02. The number of benzene rings is 2. The molecule has 0 atom stereocenters. The minimum absolute atomic E-state index is 0.0958. The zero-order valence-electron chi connectivity index (χ0n) is 15.2. The third-order valence-electron chi connectivity index (χ3n) is 4.52. The van der Waals surface area contributed by atoms with Crippen molar-refractivity contribution in [2.45, 2.75) is 12.8 Å². The molecule has 2 amide bonds. The summed E-state index contributed by atoms with van der Waals surface area (Å²) in [6.07, 6.45) is 1.91. The fraction of sp³-hybridized carbons (Fsp3) is 0.300. The summed E-state index contributed by atoms with van der Waals surface area (Å²) < 4.78 is 0. The molecule has 0 saturated carbocycles. The van der Waals surface area contributed by atoms with Crippen LogP contribution in [-0.4, -0.2) is 43.9 Å². The smallest absolute Gasteiger partial charge is 0.253 e. The van der Waals surface area contributed by atoms with E-state index in [2.05, 4.69) is 10.2 Å². The number of hydrogen-bond acceptors (Lipinski definition) is 4. The Labute approximate surface area is 153 Å². The summed E-state index contributed by atoms with van der Waals surface area (Å²) in [7, 11) is 3.40. The lowest BCUT2D eigenvalue weighted by Gasteiger charge is -2.31. The van der Waals surface area contributed by atoms with Gasteiger partial charge in [0.05, 0.1) is 6.54 Å². The zero-order valence-corrected chi connectivity index (χ0v) is 15.2. The number of nitrogens with one attached hydrogen (secondary N) is 1. The van der Waals surface area contributed by atoms with Crippen LogP contribution in [0.5, 0.6) is 0 Å². The van der Waals surface area contributed by atoms with Gasteiger partial charge in [-0.15, -0.1) is 0 Å². The van der Waals surface area contributed by atoms with Gasteiger partial charge >= 0.3 is 0 Å². The van der Waals surface area contributed by atoms with Gasteiger partial charge in [-0.05, 0) is 48.7 Å². The number of nitrogens with zero attached hydrogens (tertiary/aromatic N) is 2. The van der Waals surface area contributed by atoms with Crippen LogP contribution in [0.2, 0.25) is 0 Å². The van der Waals surface area contributed by atoms with Gasteiger partial charge in [0.25, 0.3) is 5.91 Å². The molecule has 0 radical (unpaired) electrons. The van der Waals surface area contributed by atoms with E-state index in [1.54, 1.807) is 38.4 Å². The van der Waals surface area contributed by atoms with Gasteiger partial charge in [0, 0.05) is 43.3 Å². The Morgan fingerprint density at radius 3 is 2.73 bits per heavy atom. The first-order chi connectivity index (χ1) is 12.5. The van der Waals surface area contributed by atoms with Crippen molar-refractivity contribution >= 4 is 28.9 Å². The molecule has 2 aromatic carbocycles. The van der Waals surface area contributed by atoms with Crippen molar-refractivity contribution in [3.8, 4) is 0 Å². The van der Waals surface area contributed by atoms with Crippen LogP contribution in [-0.2, 0) is 11.2 Å². The molecule has 0 unspecified atom stereocenters. The molecule has 6 heteroatoms. The number of amides is 2. The van der Waals surface area contributed by atoms with E-state index in [1.807, 2.05) is 18.2 Å². The normalized spacial score (nSPS) is 13.1. The molecule has 1 heterocycles. The van der Waals surface area contributed by atoms with Gasteiger partial charge in [-0.25, -0.2) is 0 Å². The van der Waals surface area contributed by atoms with E-state index < -0.39 is 0 Å². The number of rotatable bonds is 4. The van der Waals surface area contributed by atoms with Gasteiger partial charge in [0.2, 0.25) is 5.91 Å². The predicted molar refractivity (Wildman–Crippen MR) is 104 cm³/mol. The predicted octanol–water partition coefficient (Wildman–Crippen LogP) is 2.36. The minimum Gasteiger partial charge on any atom is -0.398 e. The lowest BCUT2D eigenvalue weighted by molar-refractivity contribution is -0.115. The van der Waals surface area contributed by atoms with E-state index in [9.17, 15) is 9.59 Å². The van der Waals surface area contributed by atoms with Crippen LogP contribution in [0, 0.1) is 0 Å². The number of carbonyl (C=O) groups is 2. The largest absolute Gasteiger partial charge is 0.398 e. The minimum atomic E-state index is -0.116. The van der Waals surface area contributed by atoms with Crippen LogP contribution >= 0.6 is 0 Å². The molecule has 3 N–H and O–H groups in total. The third-order valence-corrected chi connectivity index (χ3v) is 4.52. The molecule has 0 spiro atoms. The maximum atomic E-state index is 12.5. The average Bonchev–Trinajstić information content (AvgIpc) is 2.62. The van der Waals surface area contributed by atoms with Crippen molar-refractivity contribution in [3.63, 3.8) is 0 Å². The van der Waals surface area contributed by atoms with Crippen LogP contribution < -0.4 is 16.0 Å². The SMILES string of the molecule is CN(C)C(=O)c1cccc(NC(=O)CN2CCCc3c(N)cccc32)c1. The van der Waals surface area contributed by atoms with Crippen LogP contribution in [0.1, 0.15) is 22.3 Å². The Morgan fingerprint density at radius 2 is 1.96 bits per heavy atom. The van der Waals surface area contributed by atoms with Crippen molar-refractivity contribution in [2.24, 2.45) is 0 Å². The van der Waals surface area contributed by atoms with Crippen LogP contribution in [0.3, 0.4) is 0 Å². The highest BCUT2D eigenvalue weighted by Crippen LogP contribution is 2.31. The van der Waals surface area contributed by atoms with Crippen molar-refractivity contribution < 1.29 is 9.59 Å². The van der Waals surface area contributed by atoms with Crippen LogP contribution in [0.15, 0.2) is 42.5 Å². The second-order valence-electron chi connectivity index (χ2n) is 6.70. The second-order valence-corrected chi connectivity index (χ2v) is 6.70. The molecule has 0 saturated heterocycles. The lowest BCUT2D eigenvalue weighted by atomic mass is 10.00. The van der Waals surface area contributed by atoms with E-state index in [4.69, 9.17) is 5.73 Å². The van der Waals surface area contributed by atoms with E-state index in [-0.39, 0.29) is 18.4 Å². The van der Waals surface area contributed by atoms with E-state index >= 15 is 0 Å². The maximum absolute atomic E-state index is 12.5. The Bertz CT molecular complexity index is 832. The Kier molecular flexibility index (Phi) is 5.11. The Morgan fingerprint density at radius 1 is 1.19 bits per heavy atom. The van der Waals surface area contributed by atoms with Gasteiger partial charge in [-0.1, -0.05) is 12.1 Å². The van der Waals surface area contributed by atoms with Gasteiger partial charge in [0.1, 0.15) is 0 Å². The first-order valence-electron chi connectivity index (χ1n) is 8.69. The molecular weight excluding hydrogens is 328 g/mol. The monoisotopic (exact) mass is 352 g/mol. The second kappa shape index (κ2) is 7.47. The molecule has 6 nitrogen and oxygen atoms in total. The fourth-order valence-electron chi connectivity index (χ4n) is 3.25. The van der Waals surface area contributed by atoms with Crippen LogP contribution in [0.25, 0.3) is 0 Å². The number of fused-ring (bicyclic) bond motifs is 1. The quantitative estimate of drug-likeness (QED) is 0.828.